The van der Waals surface area contributed by atoms with E-state index in [4.69, 9.17) is 4.74 Å². The summed E-state index contributed by atoms with van der Waals surface area (Å²) in [5.41, 5.74) is 1.69. The standard InChI is InChI=1S/C13H17NO2/c1-13(7-8-16-12(13)15)10-5-4-6-11(9-10)14(2)3/h4-6,9H,7-8H2,1-3H3/t13-/m1/s1. The molecule has 2 rings (SSSR count). The molecule has 0 spiro atoms. The lowest BCUT2D eigenvalue weighted by atomic mass is 9.81. The van der Waals surface area contributed by atoms with E-state index in [1.807, 2.05) is 44.1 Å². The van der Waals surface area contributed by atoms with Crippen LogP contribution in [-0.2, 0) is 14.9 Å². The van der Waals surface area contributed by atoms with Crippen molar-refractivity contribution in [2.75, 3.05) is 25.6 Å². The van der Waals surface area contributed by atoms with Gasteiger partial charge in [-0.05, 0) is 24.6 Å². The summed E-state index contributed by atoms with van der Waals surface area (Å²) in [6, 6.07) is 8.08. The third-order valence-corrected chi connectivity index (χ3v) is 3.29. The monoisotopic (exact) mass is 219 g/mol. The molecule has 1 fully saturated rings. The highest BCUT2D eigenvalue weighted by Gasteiger charge is 2.41. The van der Waals surface area contributed by atoms with Crippen molar-refractivity contribution in [3.8, 4) is 0 Å². The normalized spacial score (nSPS) is 24.3. The molecule has 1 heterocycles. The molecule has 3 heteroatoms. The van der Waals surface area contributed by atoms with Crippen molar-refractivity contribution in [1.82, 2.24) is 0 Å². The lowest BCUT2D eigenvalue weighted by molar-refractivity contribution is -0.142. The zero-order chi connectivity index (χ0) is 11.8. The van der Waals surface area contributed by atoms with Crippen LogP contribution in [0.5, 0.6) is 0 Å². The van der Waals surface area contributed by atoms with Crippen molar-refractivity contribution >= 4 is 11.7 Å². The molecule has 1 saturated heterocycles. The number of esters is 1. The Morgan fingerprint density at radius 1 is 1.38 bits per heavy atom. The Labute approximate surface area is 96.0 Å². The first kappa shape index (κ1) is 11.0. The van der Waals surface area contributed by atoms with E-state index in [1.165, 1.54) is 0 Å². The van der Waals surface area contributed by atoms with Gasteiger partial charge in [-0.2, -0.15) is 0 Å². The molecular weight excluding hydrogens is 202 g/mol. The van der Waals surface area contributed by atoms with Gasteiger partial charge in [-0.1, -0.05) is 12.1 Å². The Morgan fingerprint density at radius 2 is 2.12 bits per heavy atom. The number of ether oxygens (including phenoxy) is 1. The molecule has 0 amide bonds. The van der Waals surface area contributed by atoms with Gasteiger partial charge in [0.05, 0.1) is 12.0 Å². The second-order valence-corrected chi connectivity index (χ2v) is 4.66. The van der Waals surface area contributed by atoms with Crippen LogP contribution in [0.2, 0.25) is 0 Å². The lowest BCUT2D eigenvalue weighted by Crippen LogP contribution is -2.27. The molecule has 0 saturated carbocycles. The van der Waals surface area contributed by atoms with Gasteiger partial charge in [0.25, 0.3) is 0 Å². The van der Waals surface area contributed by atoms with E-state index >= 15 is 0 Å². The van der Waals surface area contributed by atoms with Crippen LogP contribution in [0.25, 0.3) is 0 Å². The van der Waals surface area contributed by atoms with Crippen LogP contribution in [0.15, 0.2) is 24.3 Å². The van der Waals surface area contributed by atoms with Crippen LogP contribution in [0.3, 0.4) is 0 Å². The van der Waals surface area contributed by atoms with Gasteiger partial charge >= 0.3 is 5.97 Å². The predicted octanol–water partition coefficient (Wildman–Crippen LogP) is 1.96. The highest BCUT2D eigenvalue weighted by molar-refractivity contribution is 5.84. The summed E-state index contributed by atoms with van der Waals surface area (Å²) in [5, 5.41) is 0. The Kier molecular flexibility index (Phi) is 2.62. The van der Waals surface area contributed by atoms with Gasteiger partial charge in [0.15, 0.2) is 0 Å². The fourth-order valence-corrected chi connectivity index (χ4v) is 2.00. The van der Waals surface area contributed by atoms with Crippen LogP contribution in [0.4, 0.5) is 5.69 Å². The smallest absolute Gasteiger partial charge is 0.316 e. The molecule has 1 aromatic carbocycles. The highest BCUT2D eigenvalue weighted by Crippen LogP contribution is 2.35. The van der Waals surface area contributed by atoms with Gasteiger partial charge < -0.3 is 9.64 Å². The van der Waals surface area contributed by atoms with E-state index < -0.39 is 5.41 Å². The van der Waals surface area contributed by atoms with E-state index in [-0.39, 0.29) is 5.97 Å². The summed E-state index contributed by atoms with van der Waals surface area (Å²) >= 11 is 0. The fourth-order valence-electron chi connectivity index (χ4n) is 2.00. The van der Waals surface area contributed by atoms with Crippen LogP contribution in [-0.4, -0.2) is 26.7 Å². The molecule has 0 N–H and O–H groups in total. The number of rotatable bonds is 2. The Balaban J connectivity index is 2.40. The third kappa shape index (κ3) is 1.66. The summed E-state index contributed by atoms with van der Waals surface area (Å²) in [6.07, 6.45) is 0.767. The van der Waals surface area contributed by atoms with Crippen LogP contribution >= 0.6 is 0 Å². The average molecular weight is 219 g/mol. The predicted molar refractivity (Wildman–Crippen MR) is 63.7 cm³/mol. The fraction of sp³-hybridized carbons (Fsp3) is 0.462. The van der Waals surface area contributed by atoms with E-state index in [1.54, 1.807) is 0 Å². The van der Waals surface area contributed by atoms with Gasteiger partial charge in [-0.3, -0.25) is 4.79 Å². The number of benzene rings is 1. The van der Waals surface area contributed by atoms with Gasteiger partial charge in [0.2, 0.25) is 0 Å². The second kappa shape index (κ2) is 3.81. The van der Waals surface area contributed by atoms with E-state index in [0.29, 0.717) is 6.61 Å². The summed E-state index contributed by atoms with van der Waals surface area (Å²) in [5.74, 6) is -0.108. The van der Waals surface area contributed by atoms with Gasteiger partial charge in [0, 0.05) is 26.2 Å². The van der Waals surface area contributed by atoms with Gasteiger partial charge in [-0.15, -0.1) is 0 Å². The lowest BCUT2D eigenvalue weighted by Gasteiger charge is -2.21. The minimum atomic E-state index is -0.466. The Morgan fingerprint density at radius 3 is 2.69 bits per heavy atom. The summed E-state index contributed by atoms with van der Waals surface area (Å²) in [6.45, 7) is 2.48. The minimum absolute atomic E-state index is 0.108. The number of carbonyl (C=O) groups is 1. The maximum Gasteiger partial charge on any atom is 0.316 e. The molecule has 3 nitrogen and oxygen atoms in total. The van der Waals surface area contributed by atoms with E-state index in [9.17, 15) is 4.79 Å². The molecular formula is C13H17NO2. The number of anilines is 1. The molecule has 0 unspecified atom stereocenters. The maximum atomic E-state index is 11.7. The van der Waals surface area contributed by atoms with Crippen molar-refractivity contribution < 1.29 is 9.53 Å². The number of hydrogen-bond donors (Lipinski definition) is 0. The molecule has 0 radical (unpaired) electrons. The quantitative estimate of drug-likeness (QED) is 0.712. The number of carbonyl (C=O) groups excluding carboxylic acids is 1. The third-order valence-electron chi connectivity index (χ3n) is 3.29. The van der Waals surface area contributed by atoms with Crippen molar-refractivity contribution in [2.24, 2.45) is 0 Å². The van der Waals surface area contributed by atoms with Crippen molar-refractivity contribution in [3.63, 3.8) is 0 Å². The van der Waals surface area contributed by atoms with Crippen LogP contribution in [0.1, 0.15) is 18.9 Å². The Bertz CT molecular complexity index is 414. The Hall–Kier alpha value is -1.51. The molecule has 0 aromatic heterocycles. The number of nitrogens with zero attached hydrogens (tertiary/aromatic N) is 1. The minimum Gasteiger partial charge on any atom is -0.465 e. The molecule has 16 heavy (non-hydrogen) atoms. The molecule has 1 aliphatic heterocycles. The topological polar surface area (TPSA) is 29.5 Å². The SMILES string of the molecule is CN(C)c1cccc([C@@]2(C)CCOC2=O)c1. The molecule has 86 valence electrons. The van der Waals surface area contributed by atoms with Crippen molar-refractivity contribution in [2.45, 2.75) is 18.8 Å². The van der Waals surface area contributed by atoms with Gasteiger partial charge in [-0.25, -0.2) is 0 Å². The average Bonchev–Trinajstić information content (AvgIpc) is 2.61. The second-order valence-electron chi connectivity index (χ2n) is 4.66. The van der Waals surface area contributed by atoms with Gasteiger partial charge in [0.1, 0.15) is 0 Å². The summed E-state index contributed by atoms with van der Waals surface area (Å²) in [7, 11) is 3.99. The molecule has 0 aliphatic carbocycles. The molecule has 1 aromatic rings. The maximum absolute atomic E-state index is 11.7. The largest absolute Gasteiger partial charge is 0.465 e. The van der Waals surface area contributed by atoms with Crippen LogP contribution in [0, 0.1) is 0 Å². The van der Waals surface area contributed by atoms with E-state index in [2.05, 4.69) is 6.07 Å². The highest BCUT2D eigenvalue weighted by atomic mass is 16.5. The van der Waals surface area contributed by atoms with E-state index in [0.717, 1.165) is 17.7 Å². The first-order valence-corrected chi connectivity index (χ1v) is 5.49. The molecule has 1 aliphatic rings. The first-order chi connectivity index (χ1) is 7.54. The molecule has 1 atom stereocenters. The zero-order valence-corrected chi connectivity index (χ0v) is 9.99. The van der Waals surface area contributed by atoms with Crippen LogP contribution < -0.4 is 4.90 Å². The zero-order valence-electron chi connectivity index (χ0n) is 9.99. The van der Waals surface area contributed by atoms with Crippen molar-refractivity contribution in [3.05, 3.63) is 29.8 Å². The first-order valence-electron chi connectivity index (χ1n) is 5.49. The number of cyclic esters (lactones) is 1. The van der Waals surface area contributed by atoms with Crippen molar-refractivity contribution in [1.29, 1.82) is 0 Å². The number of hydrogen-bond acceptors (Lipinski definition) is 3. The molecule has 0 bridgehead atoms. The summed E-state index contributed by atoms with van der Waals surface area (Å²) < 4.78 is 5.07. The summed E-state index contributed by atoms with van der Waals surface area (Å²) in [4.78, 5) is 13.8.